The van der Waals surface area contributed by atoms with Crippen molar-refractivity contribution in [2.75, 3.05) is 19.6 Å². The van der Waals surface area contributed by atoms with Crippen LogP contribution in [0.4, 0.5) is 0 Å². The van der Waals surface area contributed by atoms with Gasteiger partial charge in [0.25, 0.3) is 0 Å². The summed E-state index contributed by atoms with van der Waals surface area (Å²) in [5.74, 6) is 0.775. The molecular weight excluding hydrogens is 264 g/mol. The largest absolute Gasteiger partial charge is 0.309 e. The molecule has 2 nitrogen and oxygen atoms in total. The van der Waals surface area contributed by atoms with Crippen LogP contribution < -0.4 is 5.32 Å². The normalized spacial score (nSPS) is 28.1. The molecule has 1 aliphatic heterocycles. The molecule has 0 amide bonds. The van der Waals surface area contributed by atoms with Crippen LogP contribution in [0.25, 0.3) is 0 Å². The van der Waals surface area contributed by atoms with Crippen LogP contribution in [0, 0.1) is 5.92 Å². The second-order valence-corrected chi connectivity index (χ2v) is 7.91. The summed E-state index contributed by atoms with van der Waals surface area (Å²) in [4.78, 5) is 4.25. The Kier molecular flexibility index (Phi) is 5.65. The van der Waals surface area contributed by atoms with Crippen molar-refractivity contribution in [3.8, 4) is 0 Å². The third-order valence-electron chi connectivity index (χ3n) is 4.58. The van der Waals surface area contributed by atoms with Gasteiger partial charge < -0.3 is 5.32 Å². The fourth-order valence-corrected chi connectivity index (χ4v) is 3.81. The predicted octanol–water partition coefficient (Wildman–Crippen LogP) is 3.78. The minimum absolute atomic E-state index is 0.295. The zero-order chi connectivity index (χ0) is 14.6. The molecule has 2 unspecified atom stereocenters. The molecule has 0 aromatic carbocycles. The van der Waals surface area contributed by atoms with Crippen LogP contribution >= 0.6 is 11.3 Å². The summed E-state index contributed by atoms with van der Waals surface area (Å²) in [7, 11) is 0. The molecule has 1 saturated heterocycles. The first kappa shape index (κ1) is 16.0. The van der Waals surface area contributed by atoms with Gasteiger partial charge in [-0.1, -0.05) is 26.8 Å². The van der Waals surface area contributed by atoms with Gasteiger partial charge >= 0.3 is 0 Å². The average molecular weight is 295 g/mol. The van der Waals surface area contributed by atoms with Gasteiger partial charge in [-0.05, 0) is 43.6 Å². The molecule has 1 N–H and O–H groups in total. The number of piperazine rings is 1. The highest BCUT2D eigenvalue weighted by Crippen LogP contribution is 2.23. The second-order valence-electron chi connectivity index (χ2n) is 6.88. The van der Waals surface area contributed by atoms with E-state index in [2.05, 4.69) is 55.4 Å². The molecular formula is C17H30N2S. The van der Waals surface area contributed by atoms with Gasteiger partial charge in [0.2, 0.25) is 0 Å². The van der Waals surface area contributed by atoms with E-state index >= 15 is 0 Å². The smallest absolute Gasteiger partial charge is 0.0278 e. The fraction of sp³-hybridized carbons (Fsp3) is 0.765. The van der Waals surface area contributed by atoms with Crippen LogP contribution in [0.2, 0.25) is 0 Å². The summed E-state index contributed by atoms with van der Waals surface area (Å²) in [6.07, 6.45) is 3.71. The topological polar surface area (TPSA) is 15.3 Å². The molecule has 2 heterocycles. The summed E-state index contributed by atoms with van der Waals surface area (Å²) >= 11 is 1.89. The highest BCUT2D eigenvalue weighted by Gasteiger charge is 2.34. The second kappa shape index (κ2) is 7.06. The van der Waals surface area contributed by atoms with Crippen LogP contribution in [0.5, 0.6) is 0 Å². The maximum Gasteiger partial charge on any atom is 0.0278 e. The first-order valence-corrected chi connectivity index (χ1v) is 8.92. The third-order valence-corrected chi connectivity index (χ3v) is 5.52. The zero-order valence-electron chi connectivity index (χ0n) is 13.5. The Bertz CT molecular complexity index is 388. The lowest BCUT2D eigenvalue weighted by molar-refractivity contribution is 0.0741. The molecule has 0 radical (unpaired) electrons. The number of nitrogens with zero attached hydrogens (tertiary/aromatic N) is 1. The van der Waals surface area contributed by atoms with E-state index in [1.807, 2.05) is 11.3 Å². The number of nitrogens with one attached hydrogen (secondary N) is 1. The standard InChI is InChI=1S/C17H30N2S/c1-5-17(4)13-19(9-8-16-7-6-10-20-16)15(12-18-17)11-14(2)3/h6-7,10,14-15,18H,5,8-9,11-13H2,1-4H3. The molecule has 2 atom stereocenters. The summed E-state index contributed by atoms with van der Waals surface area (Å²) < 4.78 is 0. The Balaban J connectivity index is 1.97. The van der Waals surface area contributed by atoms with Crippen molar-refractivity contribution in [2.45, 2.75) is 58.5 Å². The quantitative estimate of drug-likeness (QED) is 0.859. The fourth-order valence-electron chi connectivity index (χ4n) is 3.11. The maximum absolute atomic E-state index is 3.78. The predicted molar refractivity (Wildman–Crippen MR) is 89.5 cm³/mol. The molecule has 1 fully saturated rings. The number of thiophene rings is 1. The van der Waals surface area contributed by atoms with Gasteiger partial charge in [0.15, 0.2) is 0 Å². The molecule has 1 aromatic heterocycles. The SMILES string of the molecule is CCC1(C)CN(CCc2cccs2)C(CC(C)C)CN1. The number of hydrogen-bond donors (Lipinski definition) is 1. The van der Waals surface area contributed by atoms with E-state index in [0.717, 1.165) is 12.5 Å². The van der Waals surface area contributed by atoms with Crippen LogP contribution in [0.1, 0.15) is 45.4 Å². The molecule has 0 aliphatic carbocycles. The van der Waals surface area contributed by atoms with Gasteiger partial charge in [0.05, 0.1) is 0 Å². The lowest BCUT2D eigenvalue weighted by atomic mass is 9.90. The van der Waals surface area contributed by atoms with E-state index in [-0.39, 0.29) is 0 Å². The first-order valence-electron chi connectivity index (χ1n) is 8.04. The van der Waals surface area contributed by atoms with Gasteiger partial charge in [0.1, 0.15) is 0 Å². The molecule has 1 aromatic rings. The summed E-state index contributed by atoms with van der Waals surface area (Å²) in [5, 5.41) is 5.97. The summed E-state index contributed by atoms with van der Waals surface area (Å²) in [5.41, 5.74) is 0.295. The van der Waals surface area contributed by atoms with Crippen LogP contribution in [0.3, 0.4) is 0 Å². The maximum atomic E-state index is 3.78. The first-order chi connectivity index (χ1) is 9.52. The minimum atomic E-state index is 0.295. The average Bonchev–Trinajstić information content (AvgIpc) is 2.92. The molecule has 114 valence electrons. The lowest BCUT2D eigenvalue weighted by Gasteiger charge is -2.46. The van der Waals surface area contributed by atoms with E-state index in [1.54, 1.807) is 0 Å². The van der Waals surface area contributed by atoms with Gasteiger partial charge in [-0.15, -0.1) is 11.3 Å². The van der Waals surface area contributed by atoms with Gasteiger partial charge in [-0.2, -0.15) is 0 Å². The lowest BCUT2D eigenvalue weighted by Crippen LogP contribution is -2.63. The van der Waals surface area contributed by atoms with E-state index < -0.39 is 0 Å². The Morgan fingerprint density at radius 2 is 2.30 bits per heavy atom. The molecule has 0 spiro atoms. The van der Waals surface area contributed by atoms with Crippen molar-refractivity contribution in [1.29, 1.82) is 0 Å². The van der Waals surface area contributed by atoms with Gasteiger partial charge in [-0.3, -0.25) is 4.90 Å². The van der Waals surface area contributed by atoms with Crippen LogP contribution in [-0.2, 0) is 6.42 Å². The monoisotopic (exact) mass is 294 g/mol. The Labute approximate surface area is 128 Å². The van der Waals surface area contributed by atoms with Crippen molar-refractivity contribution >= 4 is 11.3 Å². The van der Waals surface area contributed by atoms with Crippen molar-refractivity contribution in [1.82, 2.24) is 10.2 Å². The van der Waals surface area contributed by atoms with E-state index in [0.29, 0.717) is 11.6 Å². The summed E-state index contributed by atoms with van der Waals surface area (Å²) in [6.45, 7) is 12.9. The van der Waals surface area contributed by atoms with E-state index in [9.17, 15) is 0 Å². The molecule has 1 aliphatic rings. The number of rotatable bonds is 6. The van der Waals surface area contributed by atoms with Crippen LogP contribution in [-0.4, -0.2) is 36.1 Å². The Hall–Kier alpha value is -0.380. The molecule has 3 heteroatoms. The zero-order valence-corrected chi connectivity index (χ0v) is 14.3. The number of hydrogen-bond acceptors (Lipinski definition) is 3. The minimum Gasteiger partial charge on any atom is -0.309 e. The molecule has 20 heavy (non-hydrogen) atoms. The highest BCUT2D eigenvalue weighted by molar-refractivity contribution is 7.09. The van der Waals surface area contributed by atoms with Gasteiger partial charge in [0, 0.05) is 36.1 Å². The van der Waals surface area contributed by atoms with Gasteiger partial charge in [-0.25, -0.2) is 0 Å². The highest BCUT2D eigenvalue weighted by atomic mass is 32.1. The molecule has 0 saturated carbocycles. The van der Waals surface area contributed by atoms with Crippen molar-refractivity contribution in [2.24, 2.45) is 5.92 Å². The Morgan fingerprint density at radius 3 is 2.90 bits per heavy atom. The van der Waals surface area contributed by atoms with Crippen molar-refractivity contribution in [3.63, 3.8) is 0 Å². The Morgan fingerprint density at radius 1 is 1.50 bits per heavy atom. The molecule has 2 rings (SSSR count). The van der Waals surface area contributed by atoms with Crippen molar-refractivity contribution < 1.29 is 0 Å². The van der Waals surface area contributed by atoms with E-state index in [4.69, 9.17) is 0 Å². The third kappa shape index (κ3) is 4.31. The van der Waals surface area contributed by atoms with Crippen molar-refractivity contribution in [3.05, 3.63) is 22.4 Å². The molecule has 0 bridgehead atoms. The van der Waals surface area contributed by atoms with E-state index in [1.165, 1.54) is 37.2 Å². The van der Waals surface area contributed by atoms with Crippen LogP contribution in [0.15, 0.2) is 17.5 Å². The summed E-state index contributed by atoms with van der Waals surface area (Å²) in [6, 6.07) is 5.14.